The number of aromatic amines is 2. The molecule has 5 aromatic rings. The summed E-state index contributed by atoms with van der Waals surface area (Å²) in [7, 11) is 0. The van der Waals surface area contributed by atoms with Gasteiger partial charge >= 0.3 is 0 Å². The van der Waals surface area contributed by atoms with Crippen molar-refractivity contribution >= 4 is 27.6 Å². The van der Waals surface area contributed by atoms with Crippen LogP contribution in [0.5, 0.6) is 0 Å². The van der Waals surface area contributed by atoms with E-state index in [1.807, 2.05) is 31.2 Å². The Morgan fingerprint density at radius 1 is 1.05 bits per heavy atom. The molecule has 2 N–H and O–H groups in total. The number of rotatable bonds is 7. The number of hydrogen-bond acceptors (Lipinski definition) is 5. The van der Waals surface area contributed by atoms with Crippen LogP contribution in [0.2, 0.25) is 0 Å². The van der Waals surface area contributed by atoms with E-state index in [1.165, 1.54) is 37.0 Å². The summed E-state index contributed by atoms with van der Waals surface area (Å²) in [6.07, 6.45) is 13.4. The van der Waals surface area contributed by atoms with Crippen molar-refractivity contribution in [3.63, 3.8) is 0 Å². The minimum Gasteiger partial charge on any atom is -0.335 e. The first kappa shape index (κ1) is 24.9. The molecule has 0 atom stereocenters. The third-order valence-electron chi connectivity index (χ3n) is 7.23. The minimum atomic E-state index is -0.306. The summed E-state index contributed by atoms with van der Waals surface area (Å²) < 4.78 is 13.9. The monoisotopic (exact) mass is 519 g/mol. The molecule has 8 heteroatoms. The maximum Gasteiger partial charge on any atom is 0.161 e. The van der Waals surface area contributed by atoms with Gasteiger partial charge in [0.15, 0.2) is 11.5 Å². The van der Waals surface area contributed by atoms with Crippen LogP contribution in [-0.2, 0) is 0 Å². The van der Waals surface area contributed by atoms with Gasteiger partial charge in [-0.25, -0.2) is 14.4 Å². The predicted octanol–water partition coefficient (Wildman–Crippen LogP) is 6.70. The summed E-state index contributed by atoms with van der Waals surface area (Å²) in [5.74, 6) is 0.265. The smallest absolute Gasteiger partial charge is 0.161 e. The maximum atomic E-state index is 13.9. The summed E-state index contributed by atoms with van der Waals surface area (Å²) in [6.45, 7) is 9.24. The molecule has 1 aliphatic heterocycles. The lowest BCUT2D eigenvalue weighted by Gasteiger charge is -2.26. The lowest BCUT2D eigenvalue weighted by atomic mass is 10.0. The Hall–Kier alpha value is -4.43. The second kappa shape index (κ2) is 10.7. The largest absolute Gasteiger partial charge is 0.335 e. The van der Waals surface area contributed by atoms with Crippen molar-refractivity contribution in [2.75, 3.05) is 19.6 Å². The van der Waals surface area contributed by atoms with Crippen LogP contribution in [0.1, 0.15) is 31.9 Å². The van der Waals surface area contributed by atoms with Crippen molar-refractivity contribution in [1.82, 2.24) is 35.0 Å². The van der Waals surface area contributed by atoms with Crippen molar-refractivity contribution in [2.45, 2.75) is 26.2 Å². The standard InChI is InChI=1S/C31H30FN7/c1-3-20(19-39-13-6-5-7-14-39)15-21(4-2)25-11-12-26-29(34-25)30(38-37-26)31-35-27-18-33-17-24(28(27)36-31)22-9-8-10-23(32)16-22/h3-4,8-12,15-18H,1,5-7,13-14,19H2,2H3,(H,35,36)(H,37,38)/b20-15+,21-4+. The summed E-state index contributed by atoms with van der Waals surface area (Å²) >= 11 is 0. The van der Waals surface area contributed by atoms with Crippen LogP contribution in [0.15, 0.2) is 79.2 Å². The van der Waals surface area contributed by atoms with Crippen LogP contribution in [0.4, 0.5) is 4.39 Å². The Morgan fingerprint density at radius 2 is 1.92 bits per heavy atom. The Bertz CT molecular complexity index is 1720. The molecule has 0 unspecified atom stereocenters. The van der Waals surface area contributed by atoms with Gasteiger partial charge in [0, 0.05) is 18.3 Å². The number of fused-ring (bicyclic) bond motifs is 2. The van der Waals surface area contributed by atoms with E-state index in [0.29, 0.717) is 22.6 Å². The van der Waals surface area contributed by atoms with Gasteiger partial charge < -0.3 is 4.98 Å². The second-order valence-corrected chi connectivity index (χ2v) is 9.85. The number of halogens is 1. The van der Waals surface area contributed by atoms with E-state index in [0.717, 1.165) is 53.0 Å². The average molecular weight is 520 g/mol. The molecule has 1 aliphatic rings. The normalized spacial score (nSPS) is 15.3. The number of imidazole rings is 1. The van der Waals surface area contributed by atoms with Crippen molar-refractivity contribution < 1.29 is 4.39 Å². The Labute approximate surface area is 226 Å². The maximum absolute atomic E-state index is 13.9. The van der Waals surface area contributed by atoms with Crippen LogP contribution in [0.3, 0.4) is 0 Å². The molecule has 0 aliphatic carbocycles. The van der Waals surface area contributed by atoms with Crippen molar-refractivity contribution in [3.8, 4) is 22.6 Å². The number of H-pyrrole nitrogens is 2. The van der Waals surface area contributed by atoms with Crippen LogP contribution >= 0.6 is 0 Å². The van der Waals surface area contributed by atoms with Crippen molar-refractivity contribution in [2.24, 2.45) is 0 Å². The zero-order valence-corrected chi connectivity index (χ0v) is 21.9. The minimum absolute atomic E-state index is 0.306. The first-order valence-corrected chi connectivity index (χ1v) is 13.3. The molecular weight excluding hydrogens is 489 g/mol. The van der Waals surface area contributed by atoms with Crippen molar-refractivity contribution in [1.29, 1.82) is 0 Å². The number of pyridine rings is 2. The zero-order valence-electron chi connectivity index (χ0n) is 21.9. The van der Waals surface area contributed by atoms with E-state index in [4.69, 9.17) is 9.97 Å². The van der Waals surface area contributed by atoms with Gasteiger partial charge in [0.25, 0.3) is 0 Å². The Kier molecular flexibility index (Phi) is 6.85. The number of allylic oxidation sites excluding steroid dienone is 3. The Balaban J connectivity index is 1.37. The summed E-state index contributed by atoms with van der Waals surface area (Å²) in [5, 5.41) is 7.62. The molecule has 0 bridgehead atoms. The van der Waals surface area contributed by atoms with E-state index in [-0.39, 0.29) is 5.82 Å². The first-order chi connectivity index (χ1) is 19.1. The third-order valence-corrected chi connectivity index (χ3v) is 7.23. The van der Waals surface area contributed by atoms with Gasteiger partial charge in [0.1, 0.15) is 11.3 Å². The molecule has 7 nitrogen and oxygen atoms in total. The molecule has 0 amide bonds. The highest BCUT2D eigenvalue weighted by atomic mass is 19.1. The molecule has 0 saturated carbocycles. The first-order valence-electron chi connectivity index (χ1n) is 13.3. The quantitative estimate of drug-likeness (QED) is 0.234. The number of aromatic nitrogens is 6. The highest BCUT2D eigenvalue weighted by Crippen LogP contribution is 2.31. The number of hydrogen-bond donors (Lipinski definition) is 2. The SMILES string of the molecule is C=C/C(=C\C(=C/C)c1ccc2[nH]nc(-c3nc4c(-c5cccc(F)c5)cncc4[nH]3)c2n1)CN1CCCCC1. The molecule has 6 rings (SSSR count). The number of nitrogens with zero attached hydrogens (tertiary/aromatic N) is 5. The van der Waals surface area contributed by atoms with Gasteiger partial charge in [-0.3, -0.25) is 15.0 Å². The molecule has 1 aromatic carbocycles. The van der Waals surface area contributed by atoms with Gasteiger partial charge in [0.05, 0.1) is 28.4 Å². The molecule has 1 saturated heterocycles. The molecule has 0 radical (unpaired) electrons. The molecule has 1 fully saturated rings. The fourth-order valence-electron chi connectivity index (χ4n) is 5.19. The van der Waals surface area contributed by atoms with Crippen molar-refractivity contribution in [3.05, 3.63) is 90.7 Å². The predicted molar refractivity (Wildman–Crippen MR) is 154 cm³/mol. The van der Waals surface area contributed by atoms with Crippen LogP contribution in [0, 0.1) is 5.82 Å². The number of likely N-dealkylation sites (tertiary alicyclic amines) is 1. The fourth-order valence-corrected chi connectivity index (χ4v) is 5.19. The number of benzene rings is 1. The van der Waals surface area contributed by atoms with Crippen LogP contribution in [0.25, 0.3) is 50.3 Å². The van der Waals surface area contributed by atoms with Gasteiger partial charge in [-0.15, -0.1) is 0 Å². The molecule has 39 heavy (non-hydrogen) atoms. The highest BCUT2D eigenvalue weighted by Gasteiger charge is 2.18. The molecule has 5 heterocycles. The van der Waals surface area contributed by atoms with Gasteiger partial charge in [-0.2, -0.15) is 5.10 Å². The lowest BCUT2D eigenvalue weighted by Crippen LogP contribution is -2.31. The van der Waals surface area contributed by atoms with Gasteiger partial charge in [0.2, 0.25) is 0 Å². The zero-order chi connectivity index (χ0) is 26.8. The Morgan fingerprint density at radius 3 is 2.72 bits per heavy atom. The number of nitrogens with one attached hydrogen (secondary N) is 2. The number of piperidine rings is 1. The molecule has 196 valence electrons. The lowest BCUT2D eigenvalue weighted by molar-refractivity contribution is 0.248. The molecular formula is C31H30FN7. The summed E-state index contributed by atoms with van der Waals surface area (Å²) in [4.78, 5) is 20.0. The highest BCUT2D eigenvalue weighted by molar-refractivity contribution is 5.95. The van der Waals surface area contributed by atoms with Crippen LogP contribution < -0.4 is 0 Å². The second-order valence-electron chi connectivity index (χ2n) is 9.85. The average Bonchev–Trinajstić information content (AvgIpc) is 3.59. The summed E-state index contributed by atoms with van der Waals surface area (Å²) in [6, 6.07) is 10.4. The topological polar surface area (TPSA) is 86.4 Å². The summed E-state index contributed by atoms with van der Waals surface area (Å²) in [5.41, 5.74) is 8.10. The molecule has 0 spiro atoms. The van der Waals surface area contributed by atoms with E-state index < -0.39 is 0 Å². The molecule has 4 aromatic heterocycles. The van der Waals surface area contributed by atoms with E-state index in [1.54, 1.807) is 18.5 Å². The van der Waals surface area contributed by atoms with E-state index >= 15 is 0 Å². The van der Waals surface area contributed by atoms with E-state index in [9.17, 15) is 4.39 Å². The van der Waals surface area contributed by atoms with E-state index in [2.05, 4.69) is 43.8 Å². The van der Waals surface area contributed by atoms with Gasteiger partial charge in [-0.1, -0.05) is 37.3 Å². The van der Waals surface area contributed by atoms with Gasteiger partial charge in [-0.05, 0) is 79.9 Å². The van der Waals surface area contributed by atoms with Crippen LogP contribution in [-0.4, -0.2) is 54.7 Å². The fraction of sp³-hybridized carbons (Fsp3) is 0.226. The third kappa shape index (κ3) is 5.03.